The van der Waals surface area contributed by atoms with Gasteiger partial charge in [-0.15, -0.1) is 0 Å². The molecule has 0 saturated heterocycles. The monoisotopic (exact) mass is 541 g/mol. The Hall–Kier alpha value is -2.36. The Labute approximate surface area is 230 Å². The topological polar surface area (TPSA) is 84.2 Å². The van der Waals surface area contributed by atoms with Crippen LogP contribution >= 0.6 is 0 Å². The van der Waals surface area contributed by atoms with Gasteiger partial charge in [0.15, 0.2) is 11.6 Å². The minimum absolute atomic E-state index is 0.0253. The van der Waals surface area contributed by atoms with Gasteiger partial charge in [-0.25, -0.2) is 8.78 Å². The van der Waals surface area contributed by atoms with E-state index in [1.54, 1.807) is 12.2 Å². The van der Waals surface area contributed by atoms with Gasteiger partial charge in [-0.2, -0.15) is 5.26 Å². The molecular formula is C32H41F2NO4. The van der Waals surface area contributed by atoms with Gasteiger partial charge in [-0.1, -0.05) is 46.3 Å². The van der Waals surface area contributed by atoms with Crippen LogP contribution in [0.1, 0.15) is 86.5 Å². The van der Waals surface area contributed by atoms with Crippen LogP contribution in [0.15, 0.2) is 23.3 Å². The number of ether oxygens (including phenoxy) is 1. The lowest BCUT2D eigenvalue weighted by Crippen LogP contribution is -2.66. The molecule has 3 fully saturated rings. The molecule has 0 aromatic carbocycles. The van der Waals surface area contributed by atoms with Gasteiger partial charge >= 0.3 is 5.97 Å². The maximum absolute atomic E-state index is 14.7. The second-order valence-corrected chi connectivity index (χ2v) is 14.8. The average Bonchev–Trinajstić information content (AvgIpc) is 2.86. The van der Waals surface area contributed by atoms with Crippen LogP contribution in [0.4, 0.5) is 8.78 Å². The Morgan fingerprint density at radius 2 is 1.69 bits per heavy atom. The molecule has 8 atom stereocenters. The number of halogens is 2. The number of hydrogen-bond donors (Lipinski definition) is 0. The maximum Gasteiger partial charge on any atom is 0.312 e. The SMILES string of the molecule is COC(=O)[C@]12CCC(C)(C)C[C@H]1[C@H]1C(=O)C=C3[C@@]4(C)C=C(C#N)C(=O)[C@@](C)(C(F)F)[C@@H]4CC[C@@]3(C)[C@]1(C)CC2. The predicted octanol–water partition coefficient (Wildman–Crippen LogP) is 6.62. The molecule has 0 aliphatic heterocycles. The third kappa shape index (κ3) is 3.29. The van der Waals surface area contributed by atoms with Crippen LogP contribution in [-0.4, -0.2) is 31.1 Å². The fourth-order valence-electron chi connectivity index (χ4n) is 10.2. The van der Waals surface area contributed by atoms with Crippen molar-refractivity contribution in [1.29, 1.82) is 5.26 Å². The predicted molar refractivity (Wildman–Crippen MR) is 141 cm³/mol. The van der Waals surface area contributed by atoms with Gasteiger partial charge in [0.25, 0.3) is 6.43 Å². The fourth-order valence-corrected chi connectivity index (χ4v) is 10.2. The number of rotatable bonds is 2. The second kappa shape index (κ2) is 8.33. The highest BCUT2D eigenvalue weighted by molar-refractivity contribution is 6.05. The molecule has 0 aromatic rings. The highest BCUT2D eigenvalue weighted by Gasteiger charge is 2.72. The summed E-state index contributed by atoms with van der Waals surface area (Å²) in [6, 6.07) is 1.89. The Kier molecular flexibility index (Phi) is 6.02. The van der Waals surface area contributed by atoms with Crippen LogP contribution in [0.5, 0.6) is 0 Å². The molecule has 0 N–H and O–H groups in total. The number of nitrogens with zero attached hydrogens (tertiary/aromatic N) is 1. The van der Waals surface area contributed by atoms with Crippen molar-refractivity contribution in [3.05, 3.63) is 23.3 Å². The summed E-state index contributed by atoms with van der Waals surface area (Å²) in [6.07, 6.45) is 4.84. The first-order chi connectivity index (χ1) is 18.0. The first-order valence-electron chi connectivity index (χ1n) is 14.3. The quantitative estimate of drug-likeness (QED) is 0.367. The van der Waals surface area contributed by atoms with Gasteiger partial charge in [0, 0.05) is 11.3 Å². The lowest BCUT2D eigenvalue weighted by atomic mass is 9.34. The number of hydrogen-bond acceptors (Lipinski definition) is 5. The van der Waals surface area contributed by atoms with Crippen LogP contribution in [0, 0.1) is 61.6 Å². The number of ketones is 2. The molecule has 3 saturated carbocycles. The lowest BCUT2D eigenvalue weighted by molar-refractivity contribution is -0.192. The minimum Gasteiger partial charge on any atom is -0.469 e. The number of Topliss-reactive ketones (excluding diaryl/α,β-unsaturated/α-hetero) is 1. The van der Waals surface area contributed by atoms with E-state index in [2.05, 4.69) is 27.7 Å². The van der Waals surface area contributed by atoms with E-state index >= 15 is 0 Å². The molecule has 0 aromatic heterocycles. The summed E-state index contributed by atoms with van der Waals surface area (Å²) in [4.78, 5) is 40.9. The van der Waals surface area contributed by atoms with Crippen LogP contribution in [0.3, 0.4) is 0 Å². The van der Waals surface area contributed by atoms with Crippen LogP contribution in [-0.2, 0) is 19.1 Å². The van der Waals surface area contributed by atoms with Crippen molar-refractivity contribution in [3.8, 4) is 6.07 Å². The molecule has 0 heterocycles. The molecular weight excluding hydrogens is 500 g/mol. The molecule has 0 amide bonds. The molecule has 0 bridgehead atoms. The van der Waals surface area contributed by atoms with Gasteiger partial charge in [0.2, 0.25) is 0 Å². The van der Waals surface area contributed by atoms with E-state index in [0.717, 1.165) is 18.4 Å². The third-order valence-electron chi connectivity index (χ3n) is 12.7. The van der Waals surface area contributed by atoms with Crippen molar-refractivity contribution >= 4 is 17.5 Å². The Bertz CT molecular complexity index is 1260. The molecule has 5 aliphatic rings. The molecule has 0 radical (unpaired) electrons. The van der Waals surface area contributed by atoms with E-state index in [9.17, 15) is 28.4 Å². The second-order valence-electron chi connectivity index (χ2n) is 14.8. The van der Waals surface area contributed by atoms with Gasteiger partial charge in [0.1, 0.15) is 6.07 Å². The van der Waals surface area contributed by atoms with Gasteiger partial charge in [0.05, 0.1) is 23.5 Å². The van der Waals surface area contributed by atoms with Crippen molar-refractivity contribution in [2.75, 3.05) is 7.11 Å². The van der Waals surface area contributed by atoms with E-state index < -0.39 is 51.1 Å². The smallest absolute Gasteiger partial charge is 0.312 e. The van der Waals surface area contributed by atoms with Crippen molar-refractivity contribution in [1.82, 2.24) is 0 Å². The molecule has 39 heavy (non-hydrogen) atoms. The largest absolute Gasteiger partial charge is 0.469 e. The maximum atomic E-state index is 14.7. The van der Waals surface area contributed by atoms with E-state index in [-0.39, 0.29) is 28.7 Å². The highest BCUT2D eigenvalue weighted by atomic mass is 19.3. The Balaban J connectivity index is 1.71. The Morgan fingerprint density at radius 3 is 2.28 bits per heavy atom. The molecule has 212 valence electrons. The van der Waals surface area contributed by atoms with Crippen LogP contribution in [0.2, 0.25) is 0 Å². The number of esters is 1. The zero-order valence-corrected chi connectivity index (χ0v) is 24.2. The van der Waals surface area contributed by atoms with E-state index in [1.807, 2.05) is 13.0 Å². The van der Waals surface area contributed by atoms with E-state index in [1.165, 1.54) is 14.0 Å². The average molecular weight is 542 g/mol. The number of carbonyl (C=O) groups excluding carboxylic acids is 3. The van der Waals surface area contributed by atoms with Crippen molar-refractivity contribution in [3.63, 3.8) is 0 Å². The highest BCUT2D eigenvalue weighted by Crippen LogP contribution is 2.75. The van der Waals surface area contributed by atoms with Gasteiger partial charge < -0.3 is 4.74 Å². The number of carbonyl (C=O) groups is 3. The summed E-state index contributed by atoms with van der Waals surface area (Å²) in [6.45, 7) is 11.8. The van der Waals surface area contributed by atoms with Gasteiger partial charge in [-0.3, -0.25) is 14.4 Å². The molecule has 5 rings (SSSR count). The fraction of sp³-hybridized carbons (Fsp3) is 0.750. The first kappa shape index (κ1) is 28.2. The van der Waals surface area contributed by atoms with Crippen molar-refractivity contribution < 1.29 is 27.9 Å². The molecule has 7 heteroatoms. The summed E-state index contributed by atoms with van der Waals surface area (Å²) >= 11 is 0. The molecule has 5 nitrogen and oxygen atoms in total. The summed E-state index contributed by atoms with van der Waals surface area (Å²) in [5.41, 5.74) is -4.29. The minimum atomic E-state index is -2.93. The zero-order chi connectivity index (χ0) is 29.0. The number of allylic oxidation sites excluding steroid dienone is 4. The lowest BCUT2D eigenvalue weighted by Gasteiger charge is -2.68. The van der Waals surface area contributed by atoms with E-state index in [0.29, 0.717) is 32.1 Å². The molecule has 5 aliphatic carbocycles. The van der Waals surface area contributed by atoms with E-state index in [4.69, 9.17) is 4.74 Å². The van der Waals surface area contributed by atoms with Crippen LogP contribution < -0.4 is 0 Å². The summed E-state index contributed by atoms with van der Waals surface area (Å²) in [5.74, 6) is -2.40. The van der Waals surface area contributed by atoms with Crippen LogP contribution in [0.25, 0.3) is 0 Å². The standard InChI is InChI=1S/C32H41F2NO4/c1-27(2)10-12-32(26(38)39-7)13-11-30(5)23(19(32)16-27)20(36)14-22-28(3)15-18(17-35)24(37)31(6,25(33)34)21(28)8-9-29(22,30)4/h14-15,19,21,23,25H,8-13,16H2,1-7H3/t19-,21+,23-,28-,29+,30+,31-,32-/m0/s1. The zero-order valence-electron chi connectivity index (χ0n) is 24.2. The van der Waals surface area contributed by atoms with Crippen molar-refractivity contribution in [2.24, 2.45) is 50.2 Å². The molecule has 0 spiro atoms. The summed E-state index contributed by atoms with van der Waals surface area (Å²) in [5, 5.41) is 9.80. The molecule has 0 unspecified atom stereocenters. The summed E-state index contributed by atoms with van der Waals surface area (Å²) in [7, 11) is 1.43. The number of fused-ring (bicyclic) bond motifs is 7. The number of methoxy groups -OCH3 is 1. The first-order valence-corrected chi connectivity index (χ1v) is 14.3. The Morgan fingerprint density at radius 1 is 1.05 bits per heavy atom. The van der Waals surface area contributed by atoms with Gasteiger partial charge in [-0.05, 0) is 86.0 Å². The number of nitriles is 1. The normalized spacial score (nSPS) is 46.5. The summed E-state index contributed by atoms with van der Waals surface area (Å²) < 4.78 is 34.7. The third-order valence-corrected chi connectivity index (χ3v) is 12.7. The van der Waals surface area contributed by atoms with Crippen molar-refractivity contribution in [2.45, 2.75) is 92.9 Å². The number of alkyl halides is 2.